The molecule has 1 amide bonds. The molecule has 0 spiro atoms. The number of carbonyl (C=O) groups excluding carboxylic acids is 1. The number of carbonyl (C=O) groups is 1. The van der Waals surface area contributed by atoms with Gasteiger partial charge in [0, 0.05) is 18.0 Å². The van der Waals surface area contributed by atoms with Crippen LogP contribution in [0.4, 0.5) is 0 Å². The van der Waals surface area contributed by atoms with Crippen LogP contribution in [0.5, 0.6) is 11.5 Å². The highest BCUT2D eigenvalue weighted by Crippen LogP contribution is 2.29. The molecule has 1 heterocycles. The number of hydrogen-bond donors (Lipinski definition) is 2. The average Bonchev–Trinajstić information content (AvgIpc) is 3.00. The molecule has 2 aromatic rings. The van der Waals surface area contributed by atoms with E-state index in [9.17, 15) is 9.90 Å². The molecule has 0 aliphatic carbocycles. The fraction of sp³-hybridized carbons (Fsp3) is 0.444. The lowest BCUT2D eigenvalue weighted by Gasteiger charge is -2.16. The average molecular weight is 364 g/mol. The van der Waals surface area contributed by atoms with E-state index in [1.165, 1.54) is 18.4 Å². The number of aliphatic hydroxyl groups excluding tert-OH is 1. The zero-order chi connectivity index (χ0) is 18.6. The largest absolute Gasteiger partial charge is 0.497 e. The zero-order valence-corrected chi connectivity index (χ0v) is 15.9. The lowest BCUT2D eigenvalue weighted by atomic mass is 10.1. The molecule has 1 aromatic heterocycles. The molecular formula is C18H24N2O4S. The Balaban J connectivity index is 2.09. The second kappa shape index (κ2) is 8.31. The van der Waals surface area contributed by atoms with E-state index in [0.717, 1.165) is 5.01 Å². The third kappa shape index (κ3) is 4.49. The summed E-state index contributed by atoms with van der Waals surface area (Å²) in [7, 11) is 3.09. The SMILES string of the molecule is COc1ccc(OC)c(C(O)CNC(=O)c2sc(C(C)C)nc2C)c1. The van der Waals surface area contributed by atoms with Crippen molar-refractivity contribution in [2.24, 2.45) is 0 Å². The highest BCUT2D eigenvalue weighted by atomic mass is 32.1. The summed E-state index contributed by atoms with van der Waals surface area (Å²) >= 11 is 1.39. The van der Waals surface area contributed by atoms with Gasteiger partial charge >= 0.3 is 0 Å². The van der Waals surface area contributed by atoms with Crippen LogP contribution in [-0.2, 0) is 0 Å². The maximum absolute atomic E-state index is 12.4. The van der Waals surface area contributed by atoms with Crippen molar-refractivity contribution in [1.82, 2.24) is 10.3 Å². The second-order valence-electron chi connectivity index (χ2n) is 5.96. The molecule has 136 valence electrons. The topological polar surface area (TPSA) is 80.7 Å². The standard InChI is InChI=1S/C18H24N2O4S/c1-10(2)18-20-11(3)16(25-18)17(22)19-9-14(21)13-8-12(23-4)6-7-15(13)24-5/h6-8,10,14,21H,9H2,1-5H3,(H,19,22). The summed E-state index contributed by atoms with van der Waals surface area (Å²) in [6.07, 6.45) is -0.910. The van der Waals surface area contributed by atoms with Gasteiger partial charge in [0.25, 0.3) is 5.91 Å². The highest BCUT2D eigenvalue weighted by molar-refractivity contribution is 7.13. The van der Waals surface area contributed by atoms with Crippen molar-refractivity contribution in [1.29, 1.82) is 0 Å². The van der Waals surface area contributed by atoms with Crippen molar-refractivity contribution in [3.8, 4) is 11.5 Å². The number of hydrogen-bond acceptors (Lipinski definition) is 6. The van der Waals surface area contributed by atoms with E-state index < -0.39 is 6.10 Å². The van der Waals surface area contributed by atoms with E-state index >= 15 is 0 Å². The van der Waals surface area contributed by atoms with E-state index in [4.69, 9.17) is 9.47 Å². The van der Waals surface area contributed by atoms with E-state index in [2.05, 4.69) is 10.3 Å². The van der Waals surface area contributed by atoms with Gasteiger partial charge in [0.05, 0.1) is 24.9 Å². The van der Waals surface area contributed by atoms with Crippen molar-refractivity contribution < 1.29 is 19.4 Å². The van der Waals surface area contributed by atoms with Crippen LogP contribution >= 0.6 is 11.3 Å². The first-order valence-electron chi connectivity index (χ1n) is 8.02. The maximum atomic E-state index is 12.4. The van der Waals surface area contributed by atoms with Gasteiger partial charge in [-0.1, -0.05) is 13.8 Å². The Morgan fingerprint density at radius 1 is 1.32 bits per heavy atom. The number of nitrogens with one attached hydrogen (secondary N) is 1. The number of aliphatic hydroxyl groups is 1. The molecule has 6 nitrogen and oxygen atoms in total. The Kier molecular flexibility index (Phi) is 6.39. The van der Waals surface area contributed by atoms with E-state index in [1.54, 1.807) is 25.3 Å². The molecule has 2 N–H and O–H groups in total. The summed E-state index contributed by atoms with van der Waals surface area (Å²) in [6, 6.07) is 5.17. The Hall–Kier alpha value is -2.12. The van der Waals surface area contributed by atoms with Gasteiger partial charge in [0.2, 0.25) is 0 Å². The molecule has 25 heavy (non-hydrogen) atoms. The van der Waals surface area contributed by atoms with Crippen molar-refractivity contribution in [3.63, 3.8) is 0 Å². The molecule has 0 aliphatic heterocycles. The lowest BCUT2D eigenvalue weighted by Crippen LogP contribution is -2.28. The molecule has 0 aliphatic rings. The van der Waals surface area contributed by atoms with Gasteiger partial charge in [-0.15, -0.1) is 11.3 Å². The molecule has 0 bridgehead atoms. The minimum Gasteiger partial charge on any atom is -0.497 e. The molecule has 1 atom stereocenters. The van der Waals surface area contributed by atoms with Crippen LogP contribution in [0.1, 0.15) is 51.8 Å². The van der Waals surface area contributed by atoms with Crippen LogP contribution in [0, 0.1) is 6.92 Å². The number of benzene rings is 1. The molecule has 7 heteroatoms. The van der Waals surface area contributed by atoms with Gasteiger partial charge in [-0.05, 0) is 25.1 Å². The number of nitrogens with zero attached hydrogens (tertiary/aromatic N) is 1. The van der Waals surface area contributed by atoms with E-state index in [1.807, 2.05) is 20.8 Å². The van der Waals surface area contributed by atoms with Gasteiger partial charge in [-0.3, -0.25) is 4.79 Å². The molecule has 0 saturated heterocycles. The van der Waals surface area contributed by atoms with Crippen molar-refractivity contribution in [3.05, 3.63) is 39.3 Å². The van der Waals surface area contributed by atoms with Crippen molar-refractivity contribution in [2.45, 2.75) is 32.8 Å². The van der Waals surface area contributed by atoms with Crippen LogP contribution in [0.15, 0.2) is 18.2 Å². The predicted octanol–water partition coefficient (Wildman–Crippen LogP) is 3.06. The third-order valence-electron chi connectivity index (χ3n) is 3.77. The molecule has 2 rings (SSSR count). The molecule has 0 radical (unpaired) electrons. The fourth-order valence-electron chi connectivity index (χ4n) is 2.35. The smallest absolute Gasteiger partial charge is 0.263 e. The van der Waals surface area contributed by atoms with Crippen LogP contribution in [0.3, 0.4) is 0 Å². The number of aryl methyl sites for hydroxylation is 1. The van der Waals surface area contributed by atoms with Crippen molar-refractivity contribution in [2.75, 3.05) is 20.8 Å². The molecular weight excluding hydrogens is 340 g/mol. The number of methoxy groups -OCH3 is 2. The second-order valence-corrected chi connectivity index (χ2v) is 6.99. The monoisotopic (exact) mass is 364 g/mol. The number of amides is 1. The molecule has 0 fully saturated rings. The summed E-state index contributed by atoms with van der Waals surface area (Å²) in [5.41, 5.74) is 1.27. The quantitative estimate of drug-likeness (QED) is 0.789. The zero-order valence-electron chi connectivity index (χ0n) is 15.1. The van der Waals surface area contributed by atoms with Gasteiger partial charge < -0.3 is 19.9 Å². The number of thiazole rings is 1. The Labute approximate surface area is 151 Å². The van der Waals surface area contributed by atoms with Gasteiger partial charge in [0.15, 0.2) is 0 Å². The highest BCUT2D eigenvalue weighted by Gasteiger charge is 2.19. The van der Waals surface area contributed by atoms with Gasteiger partial charge in [-0.25, -0.2) is 4.98 Å². The Morgan fingerprint density at radius 2 is 2.04 bits per heavy atom. The Bertz CT molecular complexity index is 743. The molecule has 1 aromatic carbocycles. The first-order chi connectivity index (χ1) is 11.9. The summed E-state index contributed by atoms with van der Waals surface area (Å²) < 4.78 is 10.4. The van der Waals surface area contributed by atoms with Gasteiger partial charge in [-0.2, -0.15) is 0 Å². The van der Waals surface area contributed by atoms with Crippen LogP contribution in [0.2, 0.25) is 0 Å². The van der Waals surface area contributed by atoms with Crippen molar-refractivity contribution >= 4 is 17.2 Å². The first kappa shape index (κ1) is 19.2. The summed E-state index contributed by atoms with van der Waals surface area (Å²) in [6.45, 7) is 5.97. The minimum absolute atomic E-state index is 0.0662. The van der Waals surface area contributed by atoms with Crippen LogP contribution in [0.25, 0.3) is 0 Å². The first-order valence-corrected chi connectivity index (χ1v) is 8.84. The summed E-state index contributed by atoms with van der Waals surface area (Å²) in [4.78, 5) is 17.4. The maximum Gasteiger partial charge on any atom is 0.263 e. The van der Waals surface area contributed by atoms with Gasteiger partial charge in [0.1, 0.15) is 22.5 Å². The van der Waals surface area contributed by atoms with E-state index in [0.29, 0.717) is 27.6 Å². The normalized spacial score (nSPS) is 12.1. The predicted molar refractivity (Wildman–Crippen MR) is 97.8 cm³/mol. The number of aromatic nitrogens is 1. The van der Waals surface area contributed by atoms with E-state index in [-0.39, 0.29) is 18.4 Å². The number of rotatable bonds is 7. The lowest BCUT2D eigenvalue weighted by molar-refractivity contribution is 0.0917. The Morgan fingerprint density at radius 3 is 2.60 bits per heavy atom. The van der Waals surface area contributed by atoms with Crippen LogP contribution in [-0.4, -0.2) is 36.8 Å². The summed E-state index contributed by atoms with van der Waals surface area (Å²) in [5.74, 6) is 1.19. The number of ether oxygens (including phenoxy) is 2. The minimum atomic E-state index is -0.910. The summed E-state index contributed by atoms with van der Waals surface area (Å²) in [5, 5.41) is 14.1. The van der Waals surface area contributed by atoms with Crippen LogP contribution < -0.4 is 14.8 Å². The molecule has 1 unspecified atom stereocenters. The third-order valence-corrected chi connectivity index (χ3v) is 5.22. The molecule has 0 saturated carbocycles. The fourth-order valence-corrected chi connectivity index (χ4v) is 3.34.